The number of benzene rings is 2. The second kappa shape index (κ2) is 4.61. The molecular weight excluding hydrogens is 218 g/mol. The van der Waals surface area contributed by atoms with Crippen LogP contribution >= 0.6 is 0 Å². The predicted molar refractivity (Wildman–Crippen MR) is 76.2 cm³/mol. The van der Waals surface area contributed by atoms with E-state index < -0.39 is 0 Å². The summed E-state index contributed by atoms with van der Waals surface area (Å²) in [5, 5.41) is 1.20. The quantitative estimate of drug-likeness (QED) is 0.642. The van der Waals surface area contributed by atoms with E-state index >= 15 is 0 Å². The van der Waals surface area contributed by atoms with Gasteiger partial charge in [-0.3, -0.25) is 0 Å². The van der Waals surface area contributed by atoms with Crippen LogP contribution in [-0.4, -0.2) is 4.98 Å². The van der Waals surface area contributed by atoms with Crippen molar-refractivity contribution in [3.05, 3.63) is 73.2 Å². The summed E-state index contributed by atoms with van der Waals surface area (Å²) in [5.74, 6) is 0. The number of pyridine rings is 1. The van der Waals surface area contributed by atoms with Crippen LogP contribution in [0.25, 0.3) is 22.2 Å². The van der Waals surface area contributed by atoms with Crippen molar-refractivity contribution in [2.24, 2.45) is 0 Å². The van der Waals surface area contributed by atoms with Crippen molar-refractivity contribution in [3.8, 4) is 11.3 Å². The summed E-state index contributed by atoms with van der Waals surface area (Å²) in [6, 6.07) is 20.7. The Hall–Kier alpha value is -2.15. The van der Waals surface area contributed by atoms with Gasteiger partial charge in [0.05, 0.1) is 11.2 Å². The van der Waals surface area contributed by atoms with Crippen molar-refractivity contribution in [2.75, 3.05) is 0 Å². The molecule has 0 aliphatic carbocycles. The van der Waals surface area contributed by atoms with Gasteiger partial charge in [-0.2, -0.15) is 0 Å². The summed E-state index contributed by atoms with van der Waals surface area (Å²) >= 11 is 0. The van der Waals surface area contributed by atoms with E-state index in [0.717, 1.165) is 23.2 Å². The number of nitrogens with zero attached hydrogens (tertiary/aromatic N) is 1. The zero-order chi connectivity index (χ0) is 12.4. The Kier molecular flexibility index (Phi) is 2.81. The fraction of sp³-hybridized carbons (Fsp3) is 0.0588. The molecule has 1 radical (unpaired) electrons. The van der Waals surface area contributed by atoms with Crippen LogP contribution in [-0.2, 0) is 6.42 Å². The Morgan fingerprint density at radius 2 is 1.61 bits per heavy atom. The first kappa shape index (κ1) is 11.0. The maximum atomic E-state index is 4.73. The average Bonchev–Trinajstić information content (AvgIpc) is 2.47. The summed E-state index contributed by atoms with van der Waals surface area (Å²) in [4.78, 5) is 4.73. The van der Waals surface area contributed by atoms with Crippen LogP contribution < -0.4 is 0 Å². The summed E-state index contributed by atoms with van der Waals surface area (Å²) in [5.41, 5.74) is 4.46. The van der Waals surface area contributed by atoms with Crippen LogP contribution in [0.4, 0.5) is 0 Å². The average molecular weight is 232 g/mol. The van der Waals surface area contributed by atoms with Crippen LogP contribution in [0.15, 0.2) is 60.7 Å². The first-order chi connectivity index (χ1) is 8.88. The standard InChI is InChI=1S/C17H14N/c1-2-13-12-17(14-8-4-3-5-9-14)18-16-11-7-6-10-15(13)16/h3-12H,1-2H2. The minimum atomic E-state index is 0.781. The molecule has 0 spiro atoms. The molecule has 1 heterocycles. The first-order valence-corrected chi connectivity index (χ1v) is 6.12. The minimum absolute atomic E-state index is 0.781. The summed E-state index contributed by atoms with van der Waals surface area (Å²) in [6.45, 7) is 4.01. The molecule has 1 nitrogen and oxygen atoms in total. The van der Waals surface area contributed by atoms with E-state index in [4.69, 9.17) is 4.98 Å². The van der Waals surface area contributed by atoms with Gasteiger partial charge in [-0.15, -0.1) is 0 Å². The summed E-state index contributed by atoms with van der Waals surface area (Å²) in [7, 11) is 0. The van der Waals surface area contributed by atoms with E-state index in [1.165, 1.54) is 10.9 Å². The van der Waals surface area contributed by atoms with Crippen molar-refractivity contribution in [3.63, 3.8) is 0 Å². The number of para-hydroxylation sites is 1. The van der Waals surface area contributed by atoms with Gasteiger partial charge in [0.15, 0.2) is 0 Å². The van der Waals surface area contributed by atoms with Gasteiger partial charge < -0.3 is 0 Å². The zero-order valence-electron chi connectivity index (χ0n) is 10.1. The van der Waals surface area contributed by atoms with E-state index in [1.54, 1.807) is 0 Å². The Bertz CT molecular complexity index is 672. The number of rotatable bonds is 2. The van der Waals surface area contributed by atoms with Crippen LogP contribution in [0.3, 0.4) is 0 Å². The SMILES string of the molecule is [CH2]Cc1cc(-c2ccccc2)nc2ccccc12. The van der Waals surface area contributed by atoms with E-state index in [1.807, 2.05) is 30.3 Å². The number of hydrogen-bond donors (Lipinski definition) is 0. The molecule has 1 aromatic heterocycles. The van der Waals surface area contributed by atoms with Gasteiger partial charge in [-0.05, 0) is 31.0 Å². The largest absolute Gasteiger partial charge is 0.248 e. The minimum Gasteiger partial charge on any atom is -0.248 e. The molecule has 0 atom stereocenters. The molecule has 0 unspecified atom stereocenters. The number of fused-ring (bicyclic) bond motifs is 1. The highest BCUT2D eigenvalue weighted by Gasteiger charge is 2.05. The maximum Gasteiger partial charge on any atom is 0.0712 e. The Labute approximate surface area is 107 Å². The molecule has 0 bridgehead atoms. The highest BCUT2D eigenvalue weighted by Crippen LogP contribution is 2.24. The van der Waals surface area contributed by atoms with E-state index in [-0.39, 0.29) is 0 Å². The second-order valence-corrected chi connectivity index (χ2v) is 4.30. The molecule has 18 heavy (non-hydrogen) atoms. The van der Waals surface area contributed by atoms with Crippen LogP contribution in [0.5, 0.6) is 0 Å². The molecule has 3 aromatic rings. The van der Waals surface area contributed by atoms with Gasteiger partial charge in [-0.25, -0.2) is 4.98 Å². The topological polar surface area (TPSA) is 12.9 Å². The third kappa shape index (κ3) is 1.88. The van der Waals surface area contributed by atoms with Gasteiger partial charge in [0.1, 0.15) is 0 Å². The molecule has 0 saturated heterocycles. The van der Waals surface area contributed by atoms with Crippen molar-refractivity contribution < 1.29 is 0 Å². The van der Waals surface area contributed by atoms with Gasteiger partial charge in [0, 0.05) is 10.9 Å². The lowest BCUT2D eigenvalue weighted by Gasteiger charge is -2.08. The zero-order valence-corrected chi connectivity index (χ0v) is 10.1. The fourth-order valence-electron chi connectivity index (χ4n) is 2.21. The lowest BCUT2D eigenvalue weighted by atomic mass is 10.0. The van der Waals surface area contributed by atoms with Crippen molar-refractivity contribution in [1.82, 2.24) is 4.98 Å². The highest BCUT2D eigenvalue weighted by atomic mass is 14.7. The van der Waals surface area contributed by atoms with Gasteiger partial charge in [0.2, 0.25) is 0 Å². The number of hydrogen-bond acceptors (Lipinski definition) is 1. The molecular formula is C17H14N. The van der Waals surface area contributed by atoms with Crippen molar-refractivity contribution in [2.45, 2.75) is 6.42 Å². The summed E-state index contributed by atoms with van der Waals surface area (Å²) < 4.78 is 0. The van der Waals surface area contributed by atoms with E-state index in [0.29, 0.717) is 0 Å². The van der Waals surface area contributed by atoms with Gasteiger partial charge in [-0.1, -0.05) is 48.5 Å². The third-order valence-electron chi connectivity index (χ3n) is 3.14. The molecule has 0 fully saturated rings. The second-order valence-electron chi connectivity index (χ2n) is 4.30. The van der Waals surface area contributed by atoms with Crippen LogP contribution in [0.1, 0.15) is 5.56 Å². The molecule has 0 aliphatic rings. The molecule has 0 amide bonds. The molecule has 0 N–H and O–H groups in total. The number of aromatic nitrogens is 1. The first-order valence-electron chi connectivity index (χ1n) is 6.12. The molecule has 3 rings (SSSR count). The van der Waals surface area contributed by atoms with Gasteiger partial charge in [0.25, 0.3) is 0 Å². The van der Waals surface area contributed by atoms with E-state index in [9.17, 15) is 0 Å². The highest BCUT2D eigenvalue weighted by molar-refractivity contribution is 5.85. The molecule has 87 valence electrons. The van der Waals surface area contributed by atoms with Crippen molar-refractivity contribution in [1.29, 1.82) is 0 Å². The van der Waals surface area contributed by atoms with E-state index in [2.05, 4.69) is 37.3 Å². The smallest absolute Gasteiger partial charge is 0.0712 e. The Morgan fingerprint density at radius 1 is 0.889 bits per heavy atom. The molecule has 0 saturated carbocycles. The maximum absolute atomic E-state index is 4.73. The van der Waals surface area contributed by atoms with Crippen molar-refractivity contribution >= 4 is 10.9 Å². The normalized spacial score (nSPS) is 10.7. The fourth-order valence-corrected chi connectivity index (χ4v) is 2.21. The summed E-state index contributed by atoms with van der Waals surface area (Å²) in [6.07, 6.45) is 0.781. The third-order valence-corrected chi connectivity index (χ3v) is 3.14. The lowest BCUT2D eigenvalue weighted by molar-refractivity contribution is 1.27. The lowest BCUT2D eigenvalue weighted by Crippen LogP contribution is -1.91. The van der Waals surface area contributed by atoms with Crippen LogP contribution in [0.2, 0.25) is 0 Å². The molecule has 2 aromatic carbocycles. The van der Waals surface area contributed by atoms with Gasteiger partial charge >= 0.3 is 0 Å². The van der Waals surface area contributed by atoms with Crippen LogP contribution in [0, 0.1) is 6.92 Å². The molecule has 1 heteroatoms. The Balaban J connectivity index is 2.26. The Morgan fingerprint density at radius 3 is 2.39 bits per heavy atom. The monoisotopic (exact) mass is 232 g/mol. The predicted octanol–water partition coefficient (Wildman–Crippen LogP) is 4.28. The molecule has 0 aliphatic heterocycles.